The Kier molecular flexibility index (Phi) is 5.66. The number of halogens is 1. The Morgan fingerprint density at radius 2 is 2.00 bits per heavy atom. The van der Waals surface area contributed by atoms with Gasteiger partial charge in [-0.2, -0.15) is 9.40 Å². The van der Waals surface area contributed by atoms with Gasteiger partial charge in [-0.05, 0) is 12.1 Å². The van der Waals surface area contributed by atoms with Gasteiger partial charge in [-0.15, -0.1) is 12.4 Å². The van der Waals surface area contributed by atoms with Crippen molar-refractivity contribution in [1.82, 2.24) is 29.0 Å². The first-order chi connectivity index (χ1) is 12.6. The second kappa shape index (κ2) is 7.81. The van der Waals surface area contributed by atoms with E-state index in [0.717, 1.165) is 11.5 Å². The van der Waals surface area contributed by atoms with Gasteiger partial charge < -0.3 is 9.88 Å². The molecule has 0 saturated carbocycles. The highest BCUT2D eigenvalue weighted by Gasteiger charge is 2.37. The molecule has 1 atom stereocenters. The second-order valence-electron chi connectivity index (χ2n) is 6.19. The molecule has 1 unspecified atom stereocenters. The van der Waals surface area contributed by atoms with Gasteiger partial charge in [0.1, 0.15) is 10.7 Å². The van der Waals surface area contributed by atoms with Crippen LogP contribution < -0.4 is 5.32 Å². The van der Waals surface area contributed by atoms with Crippen LogP contribution in [0.15, 0.2) is 60.0 Å². The van der Waals surface area contributed by atoms with Gasteiger partial charge in [0.25, 0.3) is 0 Å². The summed E-state index contributed by atoms with van der Waals surface area (Å²) in [6.45, 7) is 1.51. The molecule has 2 aromatic heterocycles. The molecule has 3 aromatic rings. The average molecular weight is 409 g/mol. The molecule has 0 radical (unpaired) electrons. The van der Waals surface area contributed by atoms with E-state index in [1.807, 2.05) is 48.1 Å². The van der Waals surface area contributed by atoms with Crippen molar-refractivity contribution in [2.24, 2.45) is 7.05 Å². The number of imidazole rings is 1. The van der Waals surface area contributed by atoms with Crippen LogP contribution >= 0.6 is 12.4 Å². The molecule has 0 aliphatic carbocycles. The molecule has 27 heavy (non-hydrogen) atoms. The zero-order chi connectivity index (χ0) is 18.1. The number of rotatable bonds is 4. The summed E-state index contributed by atoms with van der Waals surface area (Å²) in [5.74, 6) is 0.719. The van der Waals surface area contributed by atoms with Crippen molar-refractivity contribution < 1.29 is 8.42 Å². The standard InChI is InChI=1S/C17H20N6O2S.ClH/c1-21-9-8-19-17(21)16-12-18-7-10-23(16)26(24,25)15-11-20-22(13-15)14-5-3-2-4-6-14;/h2-6,8-9,11,13,16,18H,7,10,12H2,1H3;1H. The first-order valence-electron chi connectivity index (χ1n) is 8.37. The lowest BCUT2D eigenvalue weighted by Crippen LogP contribution is -2.49. The summed E-state index contributed by atoms with van der Waals surface area (Å²) in [7, 11) is -1.81. The van der Waals surface area contributed by atoms with Crippen LogP contribution in [0.1, 0.15) is 11.9 Å². The van der Waals surface area contributed by atoms with E-state index >= 15 is 0 Å². The van der Waals surface area contributed by atoms with Gasteiger partial charge in [-0.1, -0.05) is 18.2 Å². The highest BCUT2D eigenvalue weighted by Crippen LogP contribution is 2.28. The number of hydrogen-bond donors (Lipinski definition) is 1. The number of hydrogen-bond acceptors (Lipinski definition) is 5. The summed E-state index contributed by atoms with van der Waals surface area (Å²) >= 11 is 0. The average Bonchev–Trinajstić information content (AvgIpc) is 3.32. The minimum atomic E-state index is -3.68. The monoisotopic (exact) mass is 408 g/mol. The van der Waals surface area contributed by atoms with Crippen molar-refractivity contribution in [1.29, 1.82) is 0 Å². The van der Waals surface area contributed by atoms with Crippen molar-refractivity contribution in [3.05, 3.63) is 60.9 Å². The zero-order valence-electron chi connectivity index (χ0n) is 14.8. The number of aromatic nitrogens is 4. The summed E-state index contributed by atoms with van der Waals surface area (Å²) in [5, 5.41) is 7.48. The van der Waals surface area contributed by atoms with Crippen molar-refractivity contribution in [3.63, 3.8) is 0 Å². The Bertz CT molecular complexity index is 1000. The minimum Gasteiger partial charge on any atom is -0.337 e. The fraction of sp³-hybridized carbons (Fsp3) is 0.294. The largest absolute Gasteiger partial charge is 0.337 e. The van der Waals surface area contributed by atoms with Crippen molar-refractivity contribution in [2.75, 3.05) is 19.6 Å². The van der Waals surface area contributed by atoms with Crippen molar-refractivity contribution >= 4 is 22.4 Å². The molecular formula is C17H21ClN6O2S. The maximum absolute atomic E-state index is 13.3. The molecule has 1 aromatic carbocycles. The van der Waals surface area contributed by atoms with Gasteiger partial charge in [0.15, 0.2) is 0 Å². The predicted molar refractivity (Wildman–Crippen MR) is 104 cm³/mol. The summed E-state index contributed by atoms with van der Waals surface area (Å²) in [4.78, 5) is 4.53. The van der Waals surface area contributed by atoms with Gasteiger partial charge in [0, 0.05) is 39.1 Å². The Balaban J connectivity index is 0.00000210. The molecule has 1 N–H and O–H groups in total. The highest BCUT2D eigenvalue weighted by atomic mass is 35.5. The summed E-state index contributed by atoms with van der Waals surface area (Å²) in [5.41, 5.74) is 0.815. The molecule has 10 heteroatoms. The molecule has 4 rings (SSSR count). The summed E-state index contributed by atoms with van der Waals surface area (Å²) in [6.07, 6.45) is 6.46. The van der Waals surface area contributed by atoms with Gasteiger partial charge >= 0.3 is 0 Å². The number of piperazine rings is 1. The van der Waals surface area contributed by atoms with Gasteiger partial charge in [-0.3, -0.25) is 0 Å². The molecule has 8 nitrogen and oxygen atoms in total. The highest BCUT2D eigenvalue weighted by molar-refractivity contribution is 7.89. The van der Waals surface area contributed by atoms with Crippen LogP contribution in [-0.4, -0.2) is 51.7 Å². The third kappa shape index (κ3) is 3.63. The van der Waals surface area contributed by atoms with E-state index in [1.54, 1.807) is 17.1 Å². The molecule has 144 valence electrons. The van der Waals surface area contributed by atoms with E-state index in [-0.39, 0.29) is 23.3 Å². The molecule has 1 fully saturated rings. The number of sulfonamides is 1. The molecule has 0 bridgehead atoms. The van der Waals surface area contributed by atoms with Crippen LogP contribution in [0.4, 0.5) is 0 Å². The lowest BCUT2D eigenvalue weighted by atomic mass is 10.2. The van der Waals surface area contributed by atoms with Crippen LogP contribution in [0.5, 0.6) is 0 Å². The number of nitrogens with zero attached hydrogens (tertiary/aromatic N) is 5. The fourth-order valence-electron chi connectivity index (χ4n) is 3.19. The predicted octanol–water partition coefficient (Wildman–Crippen LogP) is 1.36. The van der Waals surface area contributed by atoms with E-state index in [4.69, 9.17) is 0 Å². The Morgan fingerprint density at radius 3 is 2.70 bits per heavy atom. The third-order valence-corrected chi connectivity index (χ3v) is 6.40. The maximum atomic E-state index is 13.3. The van der Waals surface area contributed by atoms with Crippen LogP contribution in [0.25, 0.3) is 5.69 Å². The van der Waals surface area contributed by atoms with Crippen LogP contribution in [0.3, 0.4) is 0 Å². The van der Waals surface area contributed by atoms with E-state index < -0.39 is 10.0 Å². The molecule has 0 amide bonds. The molecule has 1 aliphatic rings. The van der Waals surface area contributed by atoms with Gasteiger partial charge in [0.05, 0.1) is 24.1 Å². The Hall–Kier alpha value is -2.20. The van der Waals surface area contributed by atoms with Crippen LogP contribution in [0, 0.1) is 0 Å². The topological polar surface area (TPSA) is 85.1 Å². The van der Waals surface area contributed by atoms with E-state index in [9.17, 15) is 8.42 Å². The van der Waals surface area contributed by atoms with E-state index in [2.05, 4.69) is 15.4 Å². The minimum absolute atomic E-state index is 0. The molecular weight excluding hydrogens is 388 g/mol. The first kappa shape index (κ1) is 19.6. The Morgan fingerprint density at radius 1 is 1.22 bits per heavy atom. The second-order valence-corrected chi connectivity index (χ2v) is 8.08. The van der Waals surface area contributed by atoms with Gasteiger partial charge in [0.2, 0.25) is 10.0 Å². The smallest absolute Gasteiger partial charge is 0.246 e. The number of para-hydroxylation sites is 1. The first-order valence-corrected chi connectivity index (χ1v) is 9.81. The summed E-state index contributed by atoms with van der Waals surface area (Å²) < 4.78 is 31.5. The number of benzene rings is 1. The molecule has 3 heterocycles. The number of aryl methyl sites for hydroxylation is 1. The lowest BCUT2D eigenvalue weighted by Gasteiger charge is -2.34. The maximum Gasteiger partial charge on any atom is 0.246 e. The third-order valence-electron chi connectivity index (χ3n) is 4.54. The molecule has 0 spiro atoms. The Labute approximate surface area is 164 Å². The van der Waals surface area contributed by atoms with Crippen molar-refractivity contribution in [2.45, 2.75) is 10.9 Å². The van der Waals surface area contributed by atoms with E-state index in [0.29, 0.717) is 19.6 Å². The van der Waals surface area contributed by atoms with Crippen molar-refractivity contribution in [3.8, 4) is 5.69 Å². The summed E-state index contributed by atoms with van der Waals surface area (Å²) in [6, 6.07) is 9.09. The molecule has 1 saturated heterocycles. The number of nitrogens with one attached hydrogen (secondary N) is 1. The quantitative estimate of drug-likeness (QED) is 0.704. The molecule has 1 aliphatic heterocycles. The normalized spacial score (nSPS) is 18.2. The van der Waals surface area contributed by atoms with Crippen LogP contribution in [-0.2, 0) is 17.1 Å². The fourth-order valence-corrected chi connectivity index (χ4v) is 4.71. The lowest BCUT2D eigenvalue weighted by molar-refractivity contribution is 0.258. The van der Waals surface area contributed by atoms with E-state index in [1.165, 1.54) is 10.5 Å². The van der Waals surface area contributed by atoms with Crippen LogP contribution in [0.2, 0.25) is 0 Å². The zero-order valence-corrected chi connectivity index (χ0v) is 16.4. The van der Waals surface area contributed by atoms with Gasteiger partial charge in [-0.25, -0.2) is 18.1 Å². The SMILES string of the molecule is Cl.Cn1ccnc1C1CNCCN1S(=O)(=O)c1cnn(-c2ccccc2)c1.